The van der Waals surface area contributed by atoms with Crippen LogP contribution in [0.4, 0.5) is 5.69 Å². The highest BCUT2D eigenvalue weighted by Gasteiger charge is 2.12. The van der Waals surface area contributed by atoms with E-state index < -0.39 is 6.10 Å². The Balaban J connectivity index is 2.81. The molecule has 0 aliphatic rings. The molecule has 0 heterocycles. The van der Waals surface area contributed by atoms with E-state index in [4.69, 9.17) is 4.74 Å². The second-order valence-electron chi connectivity index (χ2n) is 3.81. The molecule has 0 spiro atoms. The van der Waals surface area contributed by atoms with Crippen LogP contribution in [-0.2, 0) is 4.74 Å². The quantitative estimate of drug-likeness (QED) is 0.813. The lowest BCUT2D eigenvalue weighted by atomic mass is 10.1. The van der Waals surface area contributed by atoms with E-state index in [2.05, 4.69) is 15.9 Å². The third kappa shape index (κ3) is 4.11. The second-order valence-corrected chi connectivity index (χ2v) is 4.73. The molecule has 1 aromatic carbocycles. The number of aliphatic hydroxyl groups excluding tert-OH is 1. The first-order valence-corrected chi connectivity index (χ1v) is 6.00. The molecule has 1 rings (SSSR count). The van der Waals surface area contributed by atoms with Crippen molar-refractivity contribution < 1.29 is 14.6 Å². The van der Waals surface area contributed by atoms with Gasteiger partial charge in [-0.15, -0.1) is 0 Å². The van der Waals surface area contributed by atoms with E-state index in [-0.39, 0.29) is 6.61 Å². The number of likely N-dealkylation sites (N-methyl/N-ethyl adjacent to an activating group) is 1. The SMILES string of the molecule is COCC(O)CN(C)c1ccc(Br)cc1C=O. The van der Waals surface area contributed by atoms with Gasteiger partial charge in [-0.05, 0) is 18.2 Å². The van der Waals surface area contributed by atoms with Crippen molar-refractivity contribution in [2.75, 3.05) is 32.2 Å². The first-order chi connectivity index (χ1) is 8.08. The third-order valence-electron chi connectivity index (χ3n) is 2.37. The van der Waals surface area contributed by atoms with E-state index in [1.165, 1.54) is 0 Å². The Hall–Kier alpha value is -0.910. The van der Waals surface area contributed by atoms with Crippen LogP contribution in [-0.4, -0.2) is 44.8 Å². The van der Waals surface area contributed by atoms with Crippen molar-refractivity contribution in [1.82, 2.24) is 0 Å². The normalized spacial score (nSPS) is 12.2. The van der Waals surface area contributed by atoms with E-state index in [1.54, 1.807) is 13.2 Å². The number of rotatable bonds is 6. The van der Waals surface area contributed by atoms with Crippen LogP contribution in [0.5, 0.6) is 0 Å². The molecule has 0 saturated carbocycles. The zero-order valence-corrected chi connectivity index (χ0v) is 11.5. The van der Waals surface area contributed by atoms with Crippen molar-refractivity contribution in [2.45, 2.75) is 6.10 Å². The highest BCUT2D eigenvalue weighted by Crippen LogP contribution is 2.22. The van der Waals surface area contributed by atoms with Crippen LogP contribution in [0.2, 0.25) is 0 Å². The minimum absolute atomic E-state index is 0.275. The van der Waals surface area contributed by atoms with Crippen LogP contribution in [0.25, 0.3) is 0 Å². The predicted molar refractivity (Wildman–Crippen MR) is 70.7 cm³/mol. The lowest BCUT2D eigenvalue weighted by Crippen LogP contribution is -2.32. The van der Waals surface area contributed by atoms with Crippen LogP contribution in [0.15, 0.2) is 22.7 Å². The molecule has 0 bridgehead atoms. The van der Waals surface area contributed by atoms with Crippen molar-refractivity contribution in [2.24, 2.45) is 0 Å². The second kappa shape index (κ2) is 6.74. The molecule has 0 radical (unpaired) electrons. The van der Waals surface area contributed by atoms with Crippen molar-refractivity contribution in [3.05, 3.63) is 28.2 Å². The minimum atomic E-state index is -0.576. The molecular weight excluding hydrogens is 286 g/mol. The first kappa shape index (κ1) is 14.2. The number of hydrogen-bond acceptors (Lipinski definition) is 4. The van der Waals surface area contributed by atoms with Gasteiger partial charge in [-0.25, -0.2) is 0 Å². The highest BCUT2D eigenvalue weighted by atomic mass is 79.9. The summed E-state index contributed by atoms with van der Waals surface area (Å²) in [4.78, 5) is 12.8. The van der Waals surface area contributed by atoms with Gasteiger partial charge in [0, 0.05) is 36.4 Å². The summed E-state index contributed by atoms with van der Waals surface area (Å²) < 4.78 is 5.72. The number of hydrogen-bond donors (Lipinski definition) is 1. The summed E-state index contributed by atoms with van der Waals surface area (Å²) in [6.07, 6.45) is 0.229. The molecule has 17 heavy (non-hydrogen) atoms. The molecule has 1 atom stereocenters. The van der Waals surface area contributed by atoms with Gasteiger partial charge in [0.25, 0.3) is 0 Å². The number of aldehydes is 1. The number of carbonyl (C=O) groups excluding carboxylic acids is 1. The molecule has 94 valence electrons. The smallest absolute Gasteiger partial charge is 0.152 e. The molecule has 4 nitrogen and oxygen atoms in total. The Morgan fingerprint density at radius 2 is 2.29 bits per heavy atom. The van der Waals surface area contributed by atoms with Gasteiger partial charge in [0.05, 0.1) is 12.7 Å². The number of methoxy groups -OCH3 is 1. The minimum Gasteiger partial charge on any atom is -0.389 e. The van der Waals surface area contributed by atoms with E-state index in [9.17, 15) is 9.90 Å². The highest BCUT2D eigenvalue weighted by molar-refractivity contribution is 9.10. The number of benzene rings is 1. The number of halogens is 1. The Labute approximate surface area is 109 Å². The zero-order chi connectivity index (χ0) is 12.8. The van der Waals surface area contributed by atoms with Crippen molar-refractivity contribution >= 4 is 27.9 Å². The zero-order valence-electron chi connectivity index (χ0n) is 9.89. The standard InChI is InChI=1S/C12H16BrNO3/c1-14(6-11(16)8-17-2)12-4-3-10(13)5-9(12)7-15/h3-5,7,11,16H,6,8H2,1-2H3. The Morgan fingerprint density at radius 1 is 1.59 bits per heavy atom. The maximum absolute atomic E-state index is 11.0. The summed E-state index contributed by atoms with van der Waals surface area (Å²) in [5, 5.41) is 9.63. The fourth-order valence-corrected chi connectivity index (χ4v) is 2.01. The molecule has 0 aromatic heterocycles. The number of anilines is 1. The summed E-state index contributed by atoms with van der Waals surface area (Å²) in [5.41, 5.74) is 1.38. The van der Waals surface area contributed by atoms with Crippen LogP contribution in [0, 0.1) is 0 Å². The van der Waals surface area contributed by atoms with Gasteiger partial charge in [0.2, 0.25) is 0 Å². The lowest BCUT2D eigenvalue weighted by molar-refractivity contribution is 0.0695. The van der Waals surface area contributed by atoms with Crippen LogP contribution in [0.3, 0.4) is 0 Å². The number of nitrogens with zero attached hydrogens (tertiary/aromatic N) is 1. The van der Waals surface area contributed by atoms with Crippen LogP contribution < -0.4 is 4.90 Å². The van der Waals surface area contributed by atoms with Crippen LogP contribution in [0.1, 0.15) is 10.4 Å². The van der Waals surface area contributed by atoms with Gasteiger partial charge >= 0.3 is 0 Å². The molecule has 1 unspecified atom stereocenters. The van der Waals surface area contributed by atoms with Crippen molar-refractivity contribution in [1.29, 1.82) is 0 Å². The maximum Gasteiger partial charge on any atom is 0.152 e. The molecule has 0 amide bonds. The van der Waals surface area contributed by atoms with Gasteiger partial charge in [-0.2, -0.15) is 0 Å². The van der Waals surface area contributed by atoms with E-state index in [0.29, 0.717) is 12.1 Å². The maximum atomic E-state index is 11.0. The molecule has 5 heteroatoms. The van der Waals surface area contributed by atoms with Crippen LogP contribution >= 0.6 is 15.9 Å². The molecule has 1 aromatic rings. The fraction of sp³-hybridized carbons (Fsp3) is 0.417. The third-order valence-corrected chi connectivity index (χ3v) is 2.86. The first-order valence-electron chi connectivity index (χ1n) is 5.21. The van der Waals surface area contributed by atoms with Crippen molar-refractivity contribution in [3.8, 4) is 0 Å². The number of ether oxygens (including phenoxy) is 1. The predicted octanol–water partition coefficient (Wildman–Crippen LogP) is 1.71. The number of aliphatic hydroxyl groups is 1. The summed E-state index contributed by atoms with van der Waals surface area (Å²) in [5.74, 6) is 0. The molecule has 0 fully saturated rings. The van der Waals surface area contributed by atoms with Gasteiger partial charge in [-0.1, -0.05) is 15.9 Å². The van der Waals surface area contributed by atoms with E-state index in [1.807, 2.05) is 24.1 Å². The Kier molecular flexibility index (Phi) is 5.61. The van der Waals surface area contributed by atoms with Gasteiger partial charge in [-0.3, -0.25) is 4.79 Å². The summed E-state index contributed by atoms with van der Waals surface area (Å²) in [6.45, 7) is 0.688. The number of carbonyl (C=O) groups is 1. The molecule has 0 aliphatic heterocycles. The monoisotopic (exact) mass is 301 g/mol. The summed E-state index contributed by atoms with van der Waals surface area (Å²) in [6, 6.07) is 5.45. The fourth-order valence-electron chi connectivity index (χ4n) is 1.63. The van der Waals surface area contributed by atoms with Gasteiger partial charge < -0.3 is 14.7 Å². The average molecular weight is 302 g/mol. The Bertz CT molecular complexity index is 384. The molecular formula is C12H16BrNO3. The molecule has 0 saturated heterocycles. The molecule has 0 aliphatic carbocycles. The Morgan fingerprint density at radius 3 is 2.88 bits per heavy atom. The van der Waals surface area contributed by atoms with Crippen molar-refractivity contribution in [3.63, 3.8) is 0 Å². The van der Waals surface area contributed by atoms with Gasteiger partial charge in [0.1, 0.15) is 0 Å². The van der Waals surface area contributed by atoms with Gasteiger partial charge in [0.15, 0.2) is 6.29 Å². The summed E-state index contributed by atoms with van der Waals surface area (Å²) in [7, 11) is 3.37. The lowest BCUT2D eigenvalue weighted by Gasteiger charge is -2.23. The van der Waals surface area contributed by atoms with E-state index in [0.717, 1.165) is 16.4 Å². The van der Waals surface area contributed by atoms with E-state index >= 15 is 0 Å². The summed E-state index contributed by atoms with van der Waals surface area (Å²) >= 11 is 3.32. The largest absolute Gasteiger partial charge is 0.389 e. The topological polar surface area (TPSA) is 49.8 Å². The average Bonchev–Trinajstić information content (AvgIpc) is 2.28. The molecule has 1 N–H and O–H groups in total.